The number of hydrogen-bond donors (Lipinski definition) is 3. The molecular weight excluding hydrogens is 371 g/mol. The summed E-state index contributed by atoms with van der Waals surface area (Å²) >= 11 is 0. The highest BCUT2D eigenvalue weighted by atomic mass is 31.2. The molecule has 0 saturated carbocycles. The van der Waals surface area contributed by atoms with Gasteiger partial charge < -0.3 is 29.5 Å². The van der Waals surface area contributed by atoms with Crippen LogP contribution in [0.25, 0.3) is 0 Å². The van der Waals surface area contributed by atoms with E-state index in [-0.39, 0.29) is 0 Å². The highest BCUT2D eigenvalue weighted by molar-refractivity contribution is 7.69. The maximum Gasteiger partial charge on any atom is 0.393 e. The van der Waals surface area contributed by atoms with E-state index in [1.54, 1.807) is 20.8 Å². The Balaban J connectivity index is 2.64. The van der Waals surface area contributed by atoms with Crippen molar-refractivity contribution in [3.63, 3.8) is 0 Å². The lowest BCUT2D eigenvalue weighted by molar-refractivity contribution is -0.386. The van der Waals surface area contributed by atoms with Gasteiger partial charge in [-0.1, -0.05) is 0 Å². The van der Waals surface area contributed by atoms with Crippen molar-refractivity contribution in [1.29, 1.82) is 0 Å². The number of carbonyl (C=O) groups excluding carboxylic acids is 2. The van der Waals surface area contributed by atoms with Gasteiger partial charge in [-0.05, 0) is 41.5 Å². The lowest BCUT2D eigenvalue weighted by Gasteiger charge is -2.26. The fraction of sp³-hybridized carbons (Fsp3) is 0.733. The zero-order chi connectivity index (χ0) is 20.6. The second-order valence-electron chi connectivity index (χ2n) is 7.80. The van der Waals surface area contributed by atoms with Crippen molar-refractivity contribution in [2.45, 2.75) is 53.0 Å². The fourth-order valence-electron chi connectivity index (χ4n) is 1.38. The molecule has 0 aliphatic carbocycles. The molecule has 10 nitrogen and oxygen atoms in total. The first-order valence-electron chi connectivity index (χ1n) is 7.64. The number of carbonyl (C=O) groups is 2. The smallest absolute Gasteiger partial charge is 0.393 e. The van der Waals surface area contributed by atoms with E-state index < -0.39 is 48.4 Å². The SMILES string of the molecule is CC(C)(C)C(=O)OCO/C=C/P1(=O)OC1(O)C(O)(O)OC(=O)C(C)(C)C. The first kappa shape index (κ1) is 22.6. The molecule has 0 radical (unpaired) electrons. The van der Waals surface area contributed by atoms with Crippen LogP contribution in [0.3, 0.4) is 0 Å². The average Bonchev–Trinajstić information content (AvgIpc) is 3.00. The standard InChI is InChI=1S/C15H25O10P/c1-12(2,3)10(16)23-9-22-7-8-26(21)15(20,25-26)14(18,19)24-11(17)13(4,5)6/h7-8,18-20H,9H2,1-6H3/b8-7+. The summed E-state index contributed by atoms with van der Waals surface area (Å²) < 4.78 is 30.7. The fourth-order valence-corrected chi connectivity index (χ4v) is 3.04. The Bertz CT molecular complexity index is 640. The molecule has 2 unspecified atom stereocenters. The lowest BCUT2D eigenvalue weighted by Crippen LogP contribution is -2.50. The Kier molecular flexibility index (Phi) is 6.03. The monoisotopic (exact) mass is 396 g/mol. The second-order valence-corrected chi connectivity index (χ2v) is 10.1. The average molecular weight is 396 g/mol. The van der Waals surface area contributed by atoms with Gasteiger partial charge in [-0.15, -0.1) is 0 Å². The third kappa shape index (κ3) is 4.83. The van der Waals surface area contributed by atoms with Crippen molar-refractivity contribution < 1.29 is 48.2 Å². The van der Waals surface area contributed by atoms with Crippen molar-refractivity contribution in [2.24, 2.45) is 10.8 Å². The summed E-state index contributed by atoms with van der Waals surface area (Å²) in [6.45, 7) is 8.75. The summed E-state index contributed by atoms with van der Waals surface area (Å²) in [5.74, 6) is -4.40. The molecule has 0 bridgehead atoms. The third-order valence-electron chi connectivity index (χ3n) is 3.15. The molecule has 11 heteroatoms. The Hall–Kier alpha value is -1.45. The quantitative estimate of drug-likeness (QED) is 0.149. The molecule has 0 aromatic rings. The molecule has 3 N–H and O–H groups in total. The molecule has 1 aliphatic heterocycles. The topological polar surface area (TPSA) is 152 Å². The van der Waals surface area contributed by atoms with E-state index in [1.165, 1.54) is 20.8 Å². The first-order valence-corrected chi connectivity index (χ1v) is 9.33. The van der Waals surface area contributed by atoms with Crippen LogP contribution in [0.5, 0.6) is 0 Å². The number of esters is 2. The zero-order valence-corrected chi connectivity index (χ0v) is 16.4. The molecule has 26 heavy (non-hydrogen) atoms. The molecule has 0 spiro atoms. The van der Waals surface area contributed by atoms with Crippen LogP contribution in [0, 0.1) is 10.8 Å². The van der Waals surface area contributed by atoms with Gasteiger partial charge in [0.2, 0.25) is 6.79 Å². The van der Waals surface area contributed by atoms with E-state index in [4.69, 9.17) is 9.47 Å². The summed E-state index contributed by atoms with van der Waals surface area (Å²) in [6.07, 6.45) is 0.802. The van der Waals surface area contributed by atoms with Crippen LogP contribution in [0.1, 0.15) is 41.5 Å². The summed E-state index contributed by atoms with van der Waals surface area (Å²) in [5.41, 5.74) is -4.87. The minimum atomic E-state index is -4.13. The Morgan fingerprint density at radius 3 is 2.04 bits per heavy atom. The van der Waals surface area contributed by atoms with Gasteiger partial charge in [-0.2, -0.15) is 0 Å². The third-order valence-corrected chi connectivity index (χ3v) is 5.26. The first-order chi connectivity index (χ1) is 11.5. The maximum absolute atomic E-state index is 12.3. The summed E-state index contributed by atoms with van der Waals surface area (Å²) in [4.78, 5) is 23.2. The van der Waals surface area contributed by atoms with Gasteiger partial charge in [0.25, 0.3) is 7.37 Å². The van der Waals surface area contributed by atoms with E-state index in [2.05, 4.69) is 9.26 Å². The molecule has 0 aromatic heterocycles. The van der Waals surface area contributed by atoms with Crippen molar-refractivity contribution in [1.82, 2.24) is 0 Å². The summed E-state index contributed by atoms with van der Waals surface area (Å²) in [5, 5.41) is 29.5. The molecule has 150 valence electrons. The van der Waals surface area contributed by atoms with Crippen LogP contribution in [-0.2, 0) is 32.9 Å². The van der Waals surface area contributed by atoms with Crippen molar-refractivity contribution >= 4 is 19.3 Å². The molecule has 0 aromatic carbocycles. The minimum Gasteiger partial charge on any atom is -0.465 e. The van der Waals surface area contributed by atoms with Gasteiger partial charge >= 0.3 is 23.4 Å². The highest BCUT2D eigenvalue weighted by Gasteiger charge is 2.81. The van der Waals surface area contributed by atoms with E-state index in [1.807, 2.05) is 0 Å². The van der Waals surface area contributed by atoms with Crippen molar-refractivity contribution in [2.75, 3.05) is 6.79 Å². The molecule has 2 atom stereocenters. The normalized spacial score (nSPS) is 26.5. The van der Waals surface area contributed by atoms with Crippen LogP contribution in [-0.4, -0.2) is 45.6 Å². The number of hydrogen-bond acceptors (Lipinski definition) is 10. The van der Waals surface area contributed by atoms with Gasteiger partial charge in [-0.3, -0.25) is 18.7 Å². The Morgan fingerprint density at radius 1 is 1.08 bits per heavy atom. The largest absolute Gasteiger partial charge is 0.465 e. The number of rotatable bonds is 6. The van der Waals surface area contributed by atoms with Crippen LogP contribution < -0.4 is 0 Å². The van der Waals surface area contributed by atoms with Gasteiger partial charge in [0, 0.05) is 5.82 Å². The van der Waals surface area contributed by atoms with E-state index in [0.717, 1.165) is 12.1 Å². The van der Waals surface area contributed by atoms with Crippen LogP contribution in [0.4, 0.5) is 0 Å². The van der Waals surface area contributed by atoms with Crippen LogP contribution >= 0.6 is 7.37 Å². The molecule has 0 amide bonds. The van der Waals surface area contributed by atoms with Crippen LogP contribution in [0.2, 0.25) is 0 Å². The van der Waals surface area contributed by atoms with E-state index >= 15 is 0 Å². The van der Waals surface area contributed by atoms with Gasteiger partial charge in [0.15, 0.2) is 0 Å². The van der Waals surface area contributed by atoms with Gasteiger partial charge in [0.05, 0.1) is 17.1 Å². The zero-order valence-electron chi connectivity index (χ0n) is 15.5. The Labute approximate surface area is 151 Å². The van der Waals surface area contributed by atoms with E-state index in [9.17, 15) is 29.5 Å². The predicted molar refractivity (Wildman–Crippen MR) is 87.0 cm³/mol. The summed E-state index contributed by atoms with van der Waals surface area (Å²) in [7, 11) is -4.13. The van der Waals surface area contributed by atoms with Crippen molar-refractivity contribution in [3.8, 4) is 0 Å². The highest BCUT2D eigenvalue weighted by Crippen LogP contribution is 2.80. The molecule has 1 heterocycles. The van der Waals surface area contributed by atoms with Crippen LogP contribution in [0.15, 0.2) is 12.1 Å². The predicted octanol–water partition coefficient (Wildman–Crippen LogP) is 1.20. The molecular formula is C15H25O10P. The molecule has 1 fully saturated rings. The van der Waals surface area contributed by atoms with Crippen molar-refractivity contribution in [3.05, 3.63) is 12.1 Å². The van der Waals surface area contributed by atoms with Gasteiger partial charge in [0.1, 0.15) is 0 Å². The van der Waals surface area contributed by atoms with Gasteiger partial charge in [-0.25, -0.2) is 0 Å². The number of aliphatic hydroxyl groups is 3. The lowest BCUT2D eigenvalue weighted by atomic mass is 9.97. The molecule has 1 aliphatic rings. The molecule has 1 saturated heterocycles. The maximum atomic E-state index is 12.3. The molecule has 1 rings (SSSR count). The summed E-state index contributed by atoms with van der Waals surface area (Å²) in [6, 6.07) is 0. The van der Waals surface area contributed by atoms with E-state index in [0.29, 0.717) is 0 Å². The number of ether oxygens (including phenoxy) is 3. The second kappa shape index (κ2) is 6.94. The minimum absolute atomic E-state index is 0.493. The Morgan fingerprint density at radius 2 is 1.58 bits per heavy atom.